The molecule has 0 radical (unpaired) electrons. The van der Waals surface area contributed by atoms with E-state index < -0.39 is 21.7 Å². The van der Waals surface area contributed by atoms with Crippen molar-refractivity contribution < 1.29 is 18.1 Å². The normalized spacial score (nSPS) is 11.5. The Morgan fingerprint density at radius 1 is 1.26 bits per heavy atom. The second kappa shape index (κ2) is 9.59. The van der Waals surface area contributed by atoms with Crippen molar-refractivity contribution in [1.29, 1.82) is 5.26 Å². The van der Waals surface area contributed by atoms with E-state index in [0.29, 0.717) is 11.4 Å². The Hall–Kier alpha value is -3.42. The number of hydrogen-bond donors (Lipinski definition) is 3. The van der Waals surface area contributed by atoms with Crippen molar-refractivity contribution in [1.82, 2.24) is 9.97 Å². The van der Waals surface area contributed by atoms with Gasteiger partial charge in [-0.1, -0.05) is 29.2 Å². The molecule has 0 saturated heterocycles. The fourth-order valence-corrected chi connectivity index (χ4v) is 4.33. The zero-order chi connectivity index (χ0) is 22.4. The Morgan fingerprint density at radius 3 is 2.77 bits per heavy atom. The summed E-state index contributed by atoms with van der Waals surface area (Å²) in [5, 5.41) is 11.8. The number of anilines is 2. The minimum atomic E-state index is -2.73. The van der Waals surface area contributed by atoms with Gasteiger partial charge in [0.25, 0.3) is 0 Å². The highest BCUT2D eigenvalue weighted by atomic mass is 32.3. The summed E-state index contributed by atoms with van der Waals surface area (Å²) >= 11 is 0. The topological polar surface area (TPSA) is 103 Å². The molecule has 3 aromatic rings. The number of halogens is 2. The van der Waals surface area contributed by atoms with Crippen molar-refractivity contribution in [3.63, 3.8) is 0 Å². The van der Waals surface area contributed by atoms with Gasteiger partial charge in [-0.05, 0) is 29.8 Å². The minimum Gasteiger partial charge on any atom is -0.496 e. The maximum atomic E-state index is 14.4. The van der Waals surface area contributed by atoms with Crippen LogP contribution in [-0.2, 0) is 15.9 Å². The lowest BCUT2D eigenvalue weighted by molar-refractivity contribution is 0.412. The molecule has 162 valence electrons. The minimum absolute atomic E-state index is 0.0374. The lowest BCUT2D eigenvalue weighted by Gasteiger charge is -2.20. The van der Waals surface area contributed by atoms with E-state index in [4.69, 9.17) is 10.00 Å². The Balaban J connectivity index is 1.91. The van der Waals surface area contributed by atoms with Gasteiger partial charge in [0.2, 0.25) is 12.1 Å². The number of benzene rings is 2. The molecule has 0 aliphatic carbocycles. The zero-order valence-corrected chi connectivity index (χ0v) is 17.8. The lowest BCUT2D eigenvalue weighted by Crippen LogP contribution is -2.15. The third kappa shape index (κ3) is 5.39. The van der Waals surface area contributed by atoms with Crippen LogP contribution in [0, 0.1) is 23.1 Å². The van der Waals surface area contributed by atoms with E-state index in [9.17, 15) is 13.3 Å². The summed E-state index contributed by atoms with van der Waals surface area (Å²) in [6, 6.07) is 10.9. The van der Waals surface area contributed by atoms with Gasteiger partial charge in [0, 0.05) is 28.8 Å². The van der Waals surface area contributed by atoms with Crippen LogP contribution in [0.2, 0.25) is 0 Å². The molecule has 0 spiro atoms. The van der Waals surface area contributed by atoms with Gasteiger partial charge in [-0.25, -0.2) is 18.7 Å². The van der Waals surface area contributed by atoms with Crippen molar-refractivity contribution in [2.75, 3.05) is 18.2 Å². The molecule has 0 amide bonds. The number of methoxy groups -OCH3 is 1. The molecule has 0 aliphatic rings. The highest BCUT2D eigenvalue weighted by Gasteiger charge is 2.15. The number of nitrogens with one attached hydrogen (secondary N) is 1. The lowest BCUT2D eigenvalue weighted by atomic mass is 10.1. The third-order valence-corrected chi connectivity index (χ3v) is 6.87. The smallest absolute Gasteiger partial charge is 0.227 e. The van der Waals surface area contributed by atoms with Gasteiger partial charge in [-0.2, -0.15) is 5.26 Å². The largest absolute Gasteiger partial charge is 0.496 e. The molecule has 0 bridgehead atoms. The zero-order valence-electron chi connectivity index (χ0n) is 16.9. The van der Waals surface area contributed by atoms with E-state index in [-0.39, 0.29) is 28.7 Å². The van der Waals surface area contributed by atoms with Crippen LogP contribution in [-0.4, -0.2) is 27.4 Å². The molecule has 0 unspecified atom stereocenters. The maximum absolute atomic E-state index is 14.4. The van der Waals surface area contributed by atoms with Gasteiger partial charge >= 0.3 is 0 Å². The Kier molecular flexibility index (Phi) is 6.89. The molecule has 3 rings (SSSR count). The van der Waals surface area contributed by atoms with Gasteiger partial charge in [-0.3, -0.25) is 0 Å². The molecule has 0 aliphatic heterocycles. The summed E-state index contributed by atoms with van der Waals surface area (Å²) in [6.07, 6.45) is 2.71. The highest BCUT2D eigenvalue weighted by Crippen LogP contribution is 2.31. The Bertz CT molecular complexity index is 1200. The molecular formula is C21H21F2N5O2S. The molecule has 0 saturated carbocycles. The summed E-state index contributed by atoms with van der Waals surface area (Å²) in [5.41, 5.74) is 1.64. The van der Waals surface area contributed by atoms with Crippen molar-refractivity contribution >= 4 is 21.7 Å². The molecule has 0 fully saturated rings. The van der Waals surface area contributed by atoms with Crippen molar-refractivity contribution in [2.24, 2.45) is 4.36 Å². The molecule has 2 aromatic carbocycles. The van der Waals surface area contributed by atoms with E-state index in [2.05, 4.69) is 19.6 Å². The molecular weight excluding hydrogens is 424 g/mol. The number of nitrogens with zero attached hydrogens (tertiary/aromatic N) is 4. The van der Waals surface area contributed by atoms with Gasteiger partial charge < -0.3 is 14.6 Å². The van der Waals surface area contributed by atoms with E-state index in [1.807, 2.05) is 6.07 Å². The van der Waals surface area contributed by atoms with Crippen molar-refractivity contribution in [2.45, 2.75) is 12.7 Å². The summed E-state index contributed by atoms with van der Waals surface area (Å²) in [6.45, 7) is 1.79. The fraction of sp³-hybridized carbons (Fsp3) is 0.190. The van der Waals surface area contributed by atoms with Crippen LogP contribution in [0.1, 0.15) is 12.5 Å². The van der Waals surface area contributed by atoms with Gasteiger partial charge in [0.05, 0.1) is 13.3 Å². The SMILES string of the molecule is CC[SH](O)(Cc1cccc(Nc2ncc(F)c(-c3ccc(F)cc3OC)n2)c1)=NC#N. The number of rotatable bonds is 7. The number of nitriles is 1. The molecule has 31 heavy (non-hydrogen) atoms. The first-order valence-electron chi connectivity index (χ1n) is 9.31. The van der Waals surface area contributed by atoms with Gasteiger partial charge in [-0.15, -0.1) is 4.36 Å². The first-order chi connectivity index (χ1) is 14.9. The third-order valence-electron chi connectivity index (χ3n) is 4.52. The van der Waals surface area contributed by atoms with Crippen LogP contribution >= 0.6 is 0 Å². The van der Waals surface area contributed by atoms with Crippen molar-refractivity contribution in [3.05, 3.63) is 65.9 Å². The summed E-state index contributed by atoms with van der Waals surface area (Å²) in [4.78, 5) is 8.19. The van der Waals surface area contributed by atoms with Gasteiger partial charge in [0.1, 0.15) is 17.3 Å². The monoisotopic (exact) mass is 445 g/mol. The highest BCUT2D eigenvalue weighted by molar-refractivity contribution is 7.99. The average molecular weight is 445 g/mol. The number of aromatic nitrogens is 2. The van der Waals surface area contributed by atoms with Crippen LogP contribution < -0.4 is 10.1 Å². The van der Waals surface area contributed by atoms with Gasteiger partial charge in [0.15, 0.2) is 5.82 Å². The summed E-state index contributed by atoms with van der Waals surface area (Å²) in [7, 11) is -1.37. The van der Waals surface area contributed by atoms with Crippen LogP contribution in [0.3, 0.4) is 0 Å². The quantitative estimate of drug-likeness (QED) is 0.359. The van der Waals surface area contributed by atoms with Crippen LogP contribution in [0.5, 0.6) is 5.75 Å². The summed E-state index contributed by atoms with van der Waals surface area (Å²) < 4.78 is 47.3. The van der Waals surface area contributed by atoms with E-state index >= 15 is 0 Å². The molecule has 2 N–H and O–H groups in total. The molecule has 0 atom stereocenters. The first kappa shape index (κ1) is 22.3. The molecule has 1 aromatic heterocycles. The predicted molar refractivity (Wildman–Crippen MR) is 117 cm³/mol. The molecule has 10 heteroatoms. The van der Waals surface area contributed by atoms with E-state index in [1.54, 1.807) is 31.3 Å². The van der Waals surface area contributed by atoms with Crippen LogP contribution in [0.15, 0.2) is 53.0 Å². The molecule has 7 nitrogen and oxygen atoms in total. The fourth-order valence-electron chi connectivity index (χ4n) is 2.95. The second-order valence-electron chi connectivity index (χ2n) is 6.61. The molecule has 1 heterocycles. The second-order valence-corrected chi connectivity index (χ2v) is 9.52. The standard InChI is InChI=1S/C21H21F2N5O2S/c1-3-31(29,26-13-24)12-14-5-4-6-16(9-14)27-21-25-11-18(23)20(28-21)17-8-7-15(22)10-19(17)30-2/h4-11,31H,3,12H2,1-2H3,(H,26,29)(H,25,27,28). The number of thiol groups is 1. The predicted octanol–water partition coefficient (Wildman–Crippen LogP) is 4.72. The summed E-state index contributed by atoms with van der Waals surface area (Å²) in [5.74, 6) is -0.267. The number of ether oxygens (including phenoxy) is 1. The average Bonchev–Trinajstić information content (AvgIpc) is 2.75. The number of hydrogen-bond acceptors (Lipinski definition) is 6. The van der Waals surface area contributed by atoms with Crippen LogP contribution in [0.4, 0.5) is 20.4 Å². The van der Waals surface area contributed by atoms with Crippen LogP contribution in [0.25, 0.3) is 11.3 Å². The Morgan fingerprint density at radius 2 is 2.06 bits per heavy atom. The van der Waals surface area contributed by atoms with E-state index in [0.717, 1.165) is 17.8 Å². The van der Waals surface area contributed by atoms with E-state index in [1.165, 1.54) is 19.2 Å². The first-order valence-corrected chi connectivity index (χ1v) is 11.4. The Labute approximate surface area is 179 Å². The maximum Gasteiger partial charge on any atom is 0.227 e. The van der Waals surface area contributed by atoms with Crippen molar-refractivity contribution in [3.8, 4) is 23.2 Å².